The number of likely N-dealkylation sites (N-methyl/N-ethyl adjacent to an activating group) is 1. The molecular formula is C30H46N9O3W-. The SMILES string of the molecule is C=CC(=O)N1CCOC[C@@H]1CNc1nc(Nc2ccc(N3CCC(N4CCN(C)CC4)CC3)cc2)c(O)nc1CC.[NH2-].[W]. The van der Waals surface area contributed by atoms with Crippen molar-refractivity contribution in [2.24, 2.45) is 0 Å². The molecule has 3 aliphatic heterocycles. The number of nitrogens with two attached hydrogens (primary N) is 1. The molecule has 1 atom stereocenters. The van der Waals surface area contributed by atoms with E-state index in [-0.39, 0.29) is 50.9 Å². The van der Waals surface area contributed by atoms with Crippen molar-refractivity contribution in [3.05, 3.63) is 48.8 Å². The van der Waals surface area contributed by atoms with Gasteiger partial charge in [-0.25, -0.2) is 9.97 Å². The molecule has 1 aromatic heterocycles. The van der Waals surface area contributed by atoms with Gasteiger partial charge in [0, 0.05) is 90.8 Å². The third kappa shape index (κ3) is 8.67. The summed E-state index contributed by atoms with van der Waals surface area (Å²) < 4.78 is 5.60. The molecule has 0 radical (unpaired) electrons. The van der Waals surface area contributed by atoms with Crippen molar-refractivity contribution in [2.45, 2.75) is 38.3 Å². The zero-order valence-electron chi connectivity index (χ0n) is 25.4. The monoisotopic (exact) mass is 764 g/mol. The van der Waals surface area contributed by atoms with Gasteiger partial charge in [-0.3, -0.25) is 9.69 Å². The van der Waals surface area contributed by atoms with Gasteiger partial charge in [-0.05, 0) is 56.7 Å². The van der Waals surface area contributed by atoms with Crippen LogP contribution in [0.5, 0.6) is 5.88 Å². The number of rotatable bonds is 9. The minimum atomic E-state index is -0.148. The average Bonchev–Trinajstić information content (AvgIpc) is 3.01. The molecule has 0 spiro atoms. The maximum Gasteiger partial charge on any atom is 0.255 e. The Morgan fingerprint density at radius 3 is 2.42 bits per heavy atom. The van der Waals surface area contributed by atoms with Crippen molar-refractivity contribution < 1.29 is 35.7 Å². The Morgan fingerprint density at radius 1 is 1.07 bits per heavy atom. The van der Waals surface area contributed by atoms with Crippen molar-refractivity contribution in [3.63, 3.8) is 0 Å². The van der Waals surface area contributed by atoms with E-state index in [9.17, 15) is 9.90 Å². The normalized spacial score (nSPS) is 20.1. The van der Waals surface area contributed by atoms with E-state index in [1.807, 2.05) is 19.1 Å². The van der Waals surface area contributed by atoms with Gasteiger partial charge in [0.05, 0.1) is 24.9 Å². The Hall–Kier alpha value is -2.76. The predicted molar refractivity (Wildman–Crippen MR) is 167 cm³/mol. The molecular weight excluding hydrogens is 718 g/mol. The summed E-state index contributed by atoms with van der Waals surface area (Å²) in [4.78, 5) is 30.6. The molecule has 5 N–H and O–H groups in total. The molecule has 3 saturated heterocycles. The van der Waals surface area contributed by atoms with Gasteiger partial charge in [-0.2, -0.15) is 0 Å². The third-order valence-corrected chi connectivity index (χ3v) is 8.49. The average molecular weight is 765 g/mol. The van der Waals surface area contributed by atoms with E-state index in [2.05, 4.69) is 61.1 Å². The molecule has 0 bridgehead atoms. The summed E-state index contributed by atoms with van der Waals surface area (Å²) in [5.41, 5.74) is 2.69. The summed E-state index contributed by atoms with van der Waals surface area (Å²) in [6.45, 7) is 14.3. The largest absolute Gasteiger partial charge is 0.693 e. The van der Waals surface area contributed by atoms with Crippen LogP contribution in [0, 0.1) is 0 Å². The molecule has 0 unspecified atom stereocenters. The number of aromatic hydroxyl groups is 1. The van der Waals surface area contributed by atoms with Gasteiger partial charge in [-0.1, -0.05) is 13.5 Å². The maximum absolute atomic E-state index is 12.3. The van der Waals surface area contributed by atoms with Gasteiger partial charge in [0.15, 0.2) is 11.6 Å². The second-order valence-electron chi connectivity index (χ2n) is 11.1. The van der Waals surface area contributed by atoms with Gasteiger partial charge in [0.1, 0.15) is 0 Å². The first-order valence-corrected chi connectivity index (χ1v) is 14.8. The zero-order chi connectivity index (χ0) is 28.8. The third-order valence-electron chi connectivity index (χ3n) is 8.49. The number of nitrogens with one attached hydrogen (secondary N) is 2. The van der Waals surface area contributed by atoms with Gasteiger partial charge < -0.3 is 41.3 Å². The van der Waals surface area contributed by atoms with Crippen molar-refractivity contribution in [1.29, 1.82) is 0 Å². The van der Waals surface area contributed by atoms with Crippen LogP contribution < -0.4 is 15.5 Å². The summed E-state index contributed by atoms with van der Waals surface area (Å²) in [5, 5.41) is 17.2. The molecule has 0 aliphatic carbocycles. The van der Waals surface area contributed by atoms with E-state index >= 15 is 0 Å². The summed E-state index contributed by atoms with van der Waals surface area (Å²) in [5.74, 6) is 0.596. The molecule has 4 heterocycles. The Morgan fingerprint density at radius 2 is 1.77 bits per heavy atom. The minimum Gasteiger partial charge on any atom is -0.693 e. The summed E-state index contributed by atoms with van der Waals surface area (Å²) in [6, 6.07) is 8.81. The molecule has 5 rings (SSSR count). The van der Waals surface area contributed by atoms with Crippen molar-refractivity contribution >= 4 is 28.9 Å². The van der Waals surface area contributed by atoms with Crippen LogP contribution in [0.15, 0.2) is 36.9 Å². The number of amides is 1. The van der Waals surface area contributed by atoms with Crippen LogP contribution in [0.2, 0.25) is 0 Å². The van der Waals surface area contributed by atoms with Crippen LogP contribution >= 0.6 is 0 Å². The zero-order valence-corrected chi connectivity index (χ0v) is 28.3. The second-order valence-corrected chi connectivity index (χ2v) is 11.1. The Kier molecular flexibility index (Phi) is 13.2. The maximum atomic E-state index is 12.3. The van der Waals surface area contributed by atoms with E-state index in [1.54, 1.807) is 4.90 Å². The van der Waals surface area contributed by atoms with Crippen LogP contribution in [-0.4, -0.2) is 120 Å². The van der Waals surface area contributed by atoms with Crippen molar-refractivity contribution in [1.82, 2.24) is 24.7 Å². The fourth-order valence-electron chi connectivity index (χ4n) is 5.95. The molecule has 0 saturated carbocycles. The number of anilines is 4. The van der Waals surface area contributed by atoms with E-state index < -0.39 is 0 Å². The number of carbonyl (C=O) groups excluding carboxylic acids is 1. The number of carbonyl (C=O) groups is 1. The fraction of sp³-hybridized carbons (Fsp3) is 0.567. The van der Waals surface area contributed by atoms with Crippen LogP contribution in [0.25, 0.3) is 6.15 Å². The summed E-state index contributed by atoms with van der Waals surface area (Å²) in [7, 11) is 2.21. The first-order valence-electron chi connectivity index (χ1n) is 14.8. The summed E-state index contributed by atoms with van der Waals surface area (Å²) >= 11 is 0. The van der Waals surface area contributed by atoms with E-state index in [0.29, 0.717) is 50.3 Å². The smallest absolute Gasteiger partial charge is 0.255 e. The van der Waals surface area contributed by atoms with Gasteiger partial charge >= 0.3 is 0 Å². The number of hydrogen-bond acceptors (Lipinski definition) is 10. The molecule has 12 nitrogen and oxygen atoms in total. The van der Waals surface area contributed by atoms with Crippen molar-refractivity contribution in [2.75, 3.05) is 88.2 Å². The van der Waals surface area contributed by atoms with E-state index in [1.165, 1.54) is 37.7 Å². The van der Waals surface area contributed by atoms with Gasteiger partial charge in [0.25, 0.3) is 5.88 Å². The Bertz CT molecular complexity index is 1190. The summed E-state index contributed by atoms with van der Waals surface area (Å²) in [6.07, 6.45) is 4.32. The number of aryl methyl sites for hydroxylation is 1. The second kappa shape index (κ2) is 16.3. The Labute approximate surface area is 269 Å². The number of hydrogen-bond donors (Lipinski definition) is 3. The topological polar surface area (TPSA) is 143 Å². The van der Waals surface area contributed by atoms with Crippen LogP contribution in [-0.2, 0) is 37.0 Å². The molecule has 3 aliphatic rings. The fourth-order valence-corrected chi connectivity index (χ4v) is 5.95. The number of morpholine rings is 1. The van der Waals surface area contributed by atoms with Crippen LogP contribution in [0.4, 0.5) is 23.0 Å². The van der Waals surface area contributed by atoms with E-state index in [0.717, 1.165) is 31.9 Å². The molecule has 1 amide bonds. The first-order chi connectivity index (χ1) is 19.9. The quantitative estimate of drug-likeness (QED) is 0.326. The molecule has 2 aromatic rings. The number of piperidine rings is 1. The molecule has 13 heteroatoms. The molecule has 1 aromatic carbocycles. The van der Waals surface area contributed by atoms with Gasteiger partial charge in [0.2, 0.25) is 5.91 Å². The molecule has 3 fully saturated rings. The van der Waals surface area contributed by atoms with Crippen LogP contribution in [0.3, 0.4) is 0 Å². The van der Waals surface area contributed by atoms with Crippen LogP contribution in [0.1, 0.15) is 25.5 Å². The number of piperazine rings is 1. The number of benzene rings is 1. The number of ether oxygens (including phenoxy) is 1. The van der Waals surface area contributed by atoms with E-state index in [4.69, 9.17) is 4.74 Å². The molecule has 236 valence electrons. The Balaban J connectivity index is 0.00000253. The molecule has 43 heavy (non-hydrogen) atoms. The first kappa shape index (κ1) is 34.7. The minimum absolute atomic E-state index is 0. The van der Waals surface area contributed by atoms with Crippen molar-refractivity contribution in [3.8, 4) is 5.88 Å². The standard InChI is InChI=1S/C30H44N8O3.H2N.W/c1-4-26-28(31-20-25-21-41-19-18-38(25)27(39)5-2)34-29(30(40)33-26)32-22-6-8-23(9-7-22)36-12-10-24(11-13-36)37-16-14-35(3)15-17-37;;/h5-9,24-25H,2,4,10-21H2,1,3H3,(H,33,40)(H2,31,32,34);1H2;/q;-1;/t25-;;/m0../s1. The number of nitrogens with zero attached hydrogens (tertiary/aromatic N) is 6. The number of aromatic nitrogens is 2. The van der Waals surface area contributed by atoms with Gasteiger partial charge in [-0.15, -0.1) is 0 Å². The predicted octanol–water partition coefficient (Wildman–Crippen LogP) is 3.24.